The molecule has 2 aromatic heterocycles. The molecule has 0 aliphatic heterocycles. The number of halogens is 3. The first kappa shape index (κ1) is 11.3. The maximum Gasteiger partial charge on any atom is 0.419 e. The fraction of sp³-hybridized carbons (Fsp3) is 0.125. The Labute approximate surface area is 93.3 Å². The molecule has 0 saturated carbocycles. The van der Waals surface area contributed by atoms with Gasteiger partial charge in [0.05, 0.1) is 11.8 Å². The molecule has 90 valence electrons. The van der Waals surface area contributed by atoms with Crippen LogP contribution in [-0.2, 0) is 6.18 Å². The molecule has 0 saturated heterocycles. The molecule has 0 radical (unpaired) electrons. The van der Waals surface area contributed by atoms with E-state index in [4.69, 9.17) is 5.84 Å². The van der Waals surface area contributed by atoms with Crippen LogP contribution in [0, 0.1) is 0 Å². The van der Waals surface area contributed by atoms with Gasteiger partial charge in [-0.3, -0.25) is 0 Å². The van der Waals surface area contributed by atoms with Gasteiger partial charge in [-0.15, -0.1) is 0 Å². The number of hydrogen-bond acceptors (Lipinski definition) is 5. The summed E-state index contributed by atoms with van der Waals surface area (Å²) in [5.41, 5.74) is 1.41. The van der Waals surface area contributed by atoms with E-state index in [9.17, 15) is 13.2 Å². The molecule has 9 heteroatoms. The molecule has 0 aliphatic rings. The maximum atomic E-state index is 12.3. The molecule has 6 nitrogen and oxygen atoms in total. The van der Waals surface area contributed by atoms with Crippen LogP contribution in [0.5, 0.6) is 0 Å². The van der Waals surface area contributed by atoms with Crippen molar-refractivity contribution in [3.05, 3.63) is 30.4 Å². The smallest absolute Gasteiger partial charge is 0.308 e. The summed E-state index contributed by atoms with van der Waals surface area (Å²) in [6.07, 6.45) is -1.71. The average Bonchev–Trinajstić information content (AvgIpc) is 2.78. The second-order valence-electron chi connectivity index (χ2n) is 3.08. The Hall–Kier alpha value is -2.16. The highest BCUT2D eigenvalue weighted by molar-refractivity contribution is 5.39. The molecule has 0 aliphatic carbocycles. The van der Waals surface area contributed by atoms with Crippen LogP contribution < -0.4 is 11.3 Å². The van der Waals surface area contributed by atoms with Crippen LogP contribution in [0.1, 0.15) is 5.56 Å². The van der Waals surface area contributed by atoms with E-state index < -0.39 is 11.7 Å². The van der Waals surface area contributed by atoms with Crippen molar-refractivity contribution in [3.8, 4) is 5.82 Å². The Balaban J connectivity index is 2.37. The fourth-order valence-electron chi connectivity index (χ4n) is 1.15. The van der Waals surface area contributed by atoms with E-state index in [-0.39, 0.29) is 11.6 Å². The van der Waals surface area contributed by atoms with Crippen molar-refractivity contribution < 1.29 is 13.2 Å². The van der Waals surface area contributed by atoms with E-state index in [2.05, 4.69) is 20.5 Å². The second-order valence-corrected chi connectivity index (χ2v) is 3.08. The standard InChI is InChI=1S/C8H7F3N6/c9-8(10,11)5-2-15-17(3-5)7-1-6(16-12)13-4-14-7/h1-4H,12H2,(H,13,14,16). The molecule has 0 aromatic carbocycles. The maximum absolute atomic E-state index is 12.3. The number of nitrogens with one attached hydrogen (secondary N) is 1. The third-order valence-corrected chi connectivity index (χ3v) is 1.95. The number of nitrogens with two attached hydrogens (primary N) is 1. The van der Waals surface area contributed by atoms with Gasteiger partial charge in [-0.1, -0.05) is 0 Å². The summed E-state index contributed by atoms with van der Waals surface area (Å²) in [4.78, 5) is 7.51. The molecule has 2 heterocycles. The average molecular weight is 244 g/mol. The number of anilines is 1. The minimum absolute atomic E-state index is 0.184. The predicted molar refractivity (Wildman–Crippen MR) is 52.0 cm³/mol. The Bertz CT molecular complexity index is 520. The van der Waals surface area contributed by atoms with Gasteiger partial charge in [-0.05, 0) is 0 Å². The van der Waals surface area contributed by atoms with Crippen LogP contribution in [0.3, 0.4) is 0 Å². The van der Waals surface area contributed by atoms with E-state index in [1.54, 1.807) is 0 Å². The van der Waals surface area contributed by atoms with Gasteiger partial charge >= 0.3 is 6.18 Å². The zero-order valence-electron chi connectivity index (χ0n) is 8.31. The lowest BCUT2D eigenvalue weighted by molar-refractivity contribution is -0.137. The number of hydrogen-bond donors (Lipinski definition) is 2. The molecule has 0 atom stereocenters. The molecular weight excluding hydrogens is 237 g/mol. The van der Waals surface area contributed by atoms with Gasteiger partial charge in [-0.25, -0.2) is 20.5 Å². The Morgan fingerprint density at radius 1 is 1.29 bits per heavy atom. The van der Waals surface area contributed by atoms with Crippen molar-refractivity contribution in [1.82, 2.24) is 19.7 Å². The van der Waals surface area contributed by atoms with Crippen molar-refractivity contribution in [2.75, 3.05) is 5.43 Å². The molecule has 2 aromatic rings. The zero-order chi connectivity index (χ0) is 12.5. The minimum Gasteiger partial charge on any atom is -0.308 e. The monoisotopic (exact) mass is 244 g/mol. The van der Waals surface area contributed by atoms with Gasteiger partial charge in [0.15, 0.2) is 5.82 Å². The predicted octanol–water partition coefficient (Wildman–Crippen LogP) is 0.967. The van der Waals surface area contributed by atoms with Gasteiger partial charge in [-0.2, -0.15) is 18.3 Å². The Morgan fingerprint density at radius 2 is 2.06 bits per heavy atom. The van der Waals surface area contributed by atoms with Crippen LogP contribution in [-0.4, -0.2) is 19.7 Å². The van der Waals surface area contributed by atoms with Crippen LogP contribution >= 0.6 is 0 Å². The van der Waals surface area contributed by atoms with Crippen molar-refractivity contribution in [2.24, 2.45) is 5.84 Å². The van der Waals surface area contributed by atoms with Crippen molar-refractivity contribution in [1.29, 1.82) is 0 Å². The molecule has 2 rings (SSSR count). The summed E-state index contributed by atoms with van der Waals surface area (Å²) >= 11 is 0. The number of nitrogen functional groups attached to an aromatic ring is 1. The highest BCUT2D eigenvalue weighted by Gasteiger charge is 2.32. The van der Waals surface area contributed by atoms with Gasteiger partial charge < -0.3 is 5.43 Å². The summed E-state index contributed by atoms with van der Waals surface area (Å²) in [5.74, 6) is 5.58. The minimum atomic E-state index is -4.43. The number of hydrazine groups is 1. The zero-order valence-corrected chi connectivity index (χ0v) is 8.31. The molecule has 0 spiro atoms. The van der Waals surface area contributed by atoms with E-state index in [1.165, 1.54) is 12.4 Å². The van der Waals surface area contributed by atoms with E-state index in [0.29, 0.717) is 0 Å². The van der Waals surface area contributed by atoms with Gasteiger partial charge in [0.25, 0.3) is 0 Å². The van der Waals surface area contributed by atoms with Crippen LogP contribution in [0.4, 0.5) is 19.0 Å². The first-order valence-corrected chi connectivity index (χ1v) is 4.41. The molecule has 0 fully saturated rings. The third kappa shape index (κ3) is 2.33. The van der Waals surface area contributed by atoms with Gasteiger partial charge in [0.2, 0.25) is 0 Å². The largest absolute Gasteiger partial charge is 0.419 e. The van der Waals surface area contributed by atoms with Crippen LogP contribution in [0.15, 0.2) is 24.8 Å². The molecule has 0 bridgehead atoms. The summed E-state index contributed by atoms with van der Waals surface area (Å²) in [6, 6.07) is 1.37. The Kier molecular flexibility index (Phi) is 2.68. The van der Waals surface area contributed by atoms with E-state index >= 15 is 0 Å². The summed E-state index contributed by atoms with van der Waals surface area (Å²) < 4.78 is 38.0. The van der Waals surface area contributed by atoms with E-state index in [0.717, 1.165) is 17.1 Å². The lowest BCUT2D eigenvalue weighted by Gasteiger charge is -2.03. The highest BCUT2D eigenvalue weighted by Crippen LogP contribution is 2.28. The summed E-state index contributed by atoms with van der Waals surface area (Å²) in [6.45, 7) is 0. The van der Waals surface area contributed by atoms with Crippen molar-refractivity contribution >= 4 is 5.82 Å². The van der Waals surface area contributed by atoms with Crippen molar-refractivity contribution in [3.63, 3.8) is 0 Å². The van der Waals surface area contributed by atoms with E-state index in [1.807, 2.05) is 0 Å². The van der Waals surface area contributed by atoms with Gasteiger partial charge in [0.1, 0.15) is 12.1 Å². The summed E-state index contributed by atoms with van der Waals surface area (Å²) in [5, 5.41) is 3.57. The molecule has 17 heavy (non-hydrogen) atoms. The number of alkyl halides is 3. The molecule has 3 N–H and O–H groups in total. The Morgan fingerprint density at radius 3 is 2.65 bits per heavy atom. The fourth-order valence-corrected chi connectivity index (χ4v) is 1.15. The molecule has 0 amide bonds. The number of aromatic nitrogens is 4. The first-order valence-electron chi connectivity index (χ1n) is 4.41. The third-order valence-electron chi connectivity index (χ3n) is 1.95. The highest BCUT2D eigenvalue weighted by atomic mass is 19.4. The quantitative estimate of drug-likeness (QED) is 0.607. The SMILES string of the molecule is NNc1cc(-n2cc(C(F)(F)F)cn2)ncn1. The van der Waals surface area contributed by atoms with Crippen molar-refractivity contribution in [2.45, 2.75) is 6.18 Å². The number of rotatable bonds is 2. The lowest BCUT2D eigenvalue weighted by Crippen LogP contribution is -2.10. The molecule has 0 unspecified atom stereocenters. The van der Waals surface area contributed by atoms with Crippen LogP contribution in [0.25, 0.3) is 5.82 Å². The molecular formula is C8H7F3N6. The normalized spacial score (nSPS) is 11.5. The lowest BCUT2D eigenvalue weighted by atomic mass is 10.4. The van der Waals surface area contributed by atoms with Gasteiger partial charge in [0, 0.05) is 12.3 Å². The topological polar surface area (TPSA) is 81.6 Å². The summed E-state index contributed by atoms with van der Waals surface area (Å²) in [7, 11) is 0. The van der Waals surface area contributed by atoms with Crippen LogP contribution in [0.2, 0.25) is 0 Å². The second kappa shape index (κ2) is 4.01. The number of nitrogens with zero attached hydrogens (tertiary/aromatic N) is 4. The first-order chi connectivity index (χ1) is 8.00.